The van der Waals surface area contributed by atoms with Crippen molar-refractivity contribution in [3.63, 3.8) is 0 Å². The molecule has 0 fully saturated rings. The van der Waals surface area contributed by atoms with E-state index >= 15 is 0 Å². The second-order valence-electron chi connectivity index (χ2n) is 5.79. The van der Waals surface area contributed by atoms with Crippen LogP contribution in [0.2, 0.25) is 0 Å². The number of hydrogen-bond acceptors (Lipinski definition) is 1. The van der Waals surface area contributed by atoms with Crippen molar-refractivity contribution in [2.24, 2.45) is 11.3 Å². The maximum Gasteiger partial charge on any atom is 0.0130 e. The van der Waals surface area contributed by atoms with Crippen LogP contribution in [0.5, 0.6) is 0 Å². The summed E-state index contributed by atoms with van der Waals surface area (Å²) < 4.78 is 1.31. The van der Waals surface area contributed by atoms with Crippen molar-refractivity contribution < 1.29 is 0 Å². The highest BCUT2D eigenvalue weighted by Crippen LogP contribution is 2.30. The van der Waals surface area contributed by atoms with Crippen molar-refractivity contribution >= 4 is 22.6 Å². The van der Waals surface area contributed by atoms with E-state index in [0.29, 0.717) is 11.3 Å². The van der Waals surface area contributed by atoms with Gasteiger partial charge in [-0.25, -0.2) is 0 Å². The van der Waals surface area contributed by atoms with Crippen molar-refractivity contribution in [3.05, 3.63) is 33.4 Å². The predicted octanol–water partition coefficient (Wildman–Crippen LogP) is 4.50. The van der Waals surface area contributed by atoms with Gasteiger partial charge < -0.3 is 5.32 Å². The van der Waals surface area contributed by atoms with E-state index in [9.17, 15) is 0 Å². The molecule has 0 amide bonds. The Morgan fingerprint density at radius 2 is 1.83 bits per heavy atom. The molecule has 1 N–H and O–H groups in total. The highest BCUT2D eigenvalue weighted by molar-refractivity contribution is 14.1. The van der Waals surface area contributed by atoms with Crippen molar-refractivity contribution in [2.45, 2.75) is 40.5 Å². The van der Waals surface area contributed by atoms with Gasteiger partial charge >= 0.3 is 0 Å². The zero-order valence-corrected chi connectivity index (χ0v) is 14.3. The lowest BCUT2D eigenvalue weighted by atomic mass is 9.74. The van der Waals surface area contributed by atoms with Crippen molar-refractivity contribution in [1.29, 1.82) is 0 Å². The third-order valence-electron chi connectivity index (χ3n) is 3.87. The maximum atomic E-state index is 3.59. The fourth-order valence-electron chi connectivity index (χ4n) is 2.09. The first-order chi connectivity index (χ1) is 8.48. The molecule has 1 atom stereocenters. The zero-order valence-electron chi connectivity index (χ0n) is 12.1. The lowest BCUT2D eigenvalue weighted by Gasteiger charge is -2.34. The van der Waals surface area contributed by atoms with E-state index in [4.69, 9.17) is 0 Å². The first-order valence-corrected chi connectivity index (χ1v) is 8.01. The Balaban J connectivity index is 2.69. The van der Waals surface area contributed by atoms with Crippen LogP contribution in [-0.2, 0) is 6.42 Å². The molecule has 0 spiro atoms. The van der Waals surface area contributed by atoms with Crippen molar-refractivity contribution in [1.82, 2.24) is 5.32 Å². The van der Waals surface area contributed by atoms with Gasteiger partial charge in [0.15, 0.2) is 0 Å². The van der Waals surface area contributed by atoms with Crippen molar-refractivity contribution in [2.75, 3.05) is 13.1 Å². The van der Waals surface area contributed by atoms with Crippen LogP contribution < -0.4 is 5.32 Å². The average Bonchev–Trinajstić information content (AvgIpc) is 2.32. The van der Waals surface area contributed by atoms with Crippen LogP contribution in [0.3, 0.4) is 0 Å². The highest BCUT2D eigenvalue weighted by atomic mass is 127. The van der Waals surface area contributed by atoms with Gasteiger partial charge in [0.2, 0.25) is 0 Å². The molecular weight excluding hydrogens is 333 g/mol. The molecule has 0 aliphatic heterocycles. The molecule has 0 aromatic heterocycles. The Kier molecular flexibility index (Phi) is 6.64. The number of halogens is 1. The van der Waals surface area contributed by atoms with Gasteiger partial charge in [0.25, 0.3) is 0 Å². The molecule has 102 valence electrons. The van der Waals surface area contributed by atoms with Gasteiger partial charge in [-0.3, -0.25) is 0 Å². The molecule has 0 aliphatic carbocycles. The van der Waals surface area contributed by atoms with Crippen LogP contribution >= 0.6 is 22.6 Å². The topological polar surface area (TPSA) is 12.0 Å². The van der Waals surface area contributed by atoms with Gasteiger partial charge in [-0.05, 0) is 71.0 Å². The number of nitrogens with one attached hydrogen (secondary N) is 1. The molecule has 0 radical (unpaired) electrons. The molecule has 2 heteroatoms. The fourth-order valence-corrected chi connectivity index (χ4v) is 2.45. The summed E-state index contributed by atoms with van der Waals surface area (Å²) in [6, 6.07) is 8.94. The molecule has 0 saturated heterocycles. The van der Waals surface area contributed by atoms with Gasteiger partial charge in [0, 0.05) is 10.1 Å². The van der Waals surface area contributed by atoms with E-state index in [1.807, 2.05) is 0 Å². The van der Waals surface area contributed by atoms with Crippen LogP contribution in [0.1, 0.15) is 39.7 Å². The van der Waals surface area contributed by atoms with Gasteiger partial charge in [-0.1, -0.05) is 39.8 Å². The SMILES string of the molecule is CCCNCC(C)(Cc1ccc(I)cc1)C(C)C. The van der Waals surface area contributed by atoms with Crippen LogP contribution in [0.4, 0.5) is 0 Å². The standard InChI is InChI=1S/C16H26IN/c1-5-10-18-12-16(4,13(2)3)11-14-6-8-15(17)9-7-14/h6-9,13,18H,5,10-12H2,1-4H3. The summed E-state index contributed by atoms with van der Waals surface area (Å²) in [5.41, 5.74) is 1.78. The molecule has 1 unspecified atom stereocenters. The lowest BCUT2D eigenvalue weighted by Crippen LogP contribution is -2.38. The summed E-state index contributed by atoms with van der Waals surface area (Å²) in [7, 11) is 0. The second-order valence-corrected chi connectivity index (χ2v) is 7.03. The Morgan fingerprint density at radius 3 is 2.33 bits per heavy atom. The Hall–Kier alpha value is -0.0900. The Bertz CT molecular complexity index is 345. The van der Waals surface area contributed by atoms with Gasteiger partial charge in [0.1, 0.15) is 0 Å². The average molecular weight is 359 g/mol. The molecular formula is C16H26IN. The summed E-state index contributed by atoms with van der Waals surface area (Å²) in [4.78, 5) is 0. The largest absolute Gasteiger partial charge is 0.316 e. The van der Waals surface area contributed by atoms with E-state index in [2.05, 4.69) is 79.9 Å². The predicted molar refractivity (Wildman–Crippen MR) is 89.0 cm³/mol. The van der Waals surface area contributed by atoms with Crippen LogP contribution in [0, 0.1) is 14.9 Å². The first-order valence-electron chi connectivity index (χ1n) is 6.93. The summed E-state index contributed by atoms with van der Waals surface area (Å²) in [6.07, 6.45) is 2.36. The van der Waals surface area contributed by atoms with E-state index in [1.165, 1.54) is 15.6 Å². The summed E-state index contributed by atoms with van der Waals surface area (Å²) in [5.74, 6) is 0.682. The smallest absolute Gasteiger partial charge is 0.0130 e. The summed E-state index contributed by atoms with van der Waals surface area (Å²) >= 11 is 2.36. The van der Waals surface area contributed by atoms with E-state index in [-0.39, 0.29) is 0 Å². The summed E-state index contributed by atoms with van der Waals surface area (Å²) in [6.45, 7) is 11.5. The Morgan fingerprint density at radius 1 is 1.22 bits per heavy atom. The van der Waals surface area contributed by atoms with Gasteiger partial charge in [-0.2, -0.15) is 0 Å². The highest BCUT2D eigenvalue weighted by Gasteiger charge is 2.28. The normalized spacial score (nSPS) is 14.8. The van der Waals surface area contributed by atoms with E-state index < -0.39 is 0 Å². The quantitative estimate of drug-likeness (QED) is 0.559. The first kappa shape index (κ1) is 16.0. The minimum absolute atomic E-state index is 0.335. The second kappa shape index (κ2) is 7.49. The minimum atomic E-state index is 0.335. The molecule has 0 bridgehead atoms. The van der Waals surface area contributed by atoms with E-state index in [1.54, 1.807) is 0 Å². The van der Waals surface area contributed by atoms with Crippen LogP contribution in [0.25, 0.3) is 0 Å². The molecule has 18 heavy (non-hydrogen) atoms. The molecule has 1 aromatic rings. The third kappa shape index (κ3) is 4.88. The molecule has 0 aliphatic rings. The third-order valence-corrected chi connectivity index (χ3v) is 4.59. The fraction of sp³-hybridized carbons (Fsp3) is 0.625. The van der Waals surface area contributed by atoms with Crippen LogP contribution in [-0.4, -0.2) is 13.1 Å². The van der Waals surface area contributed by atoms with Gasteiger partial charge in [0.05, 0.1) is 0 Å². The van der Waals surface area contributed by atoms with E-state index in [0.717, 1.165) is 19.5 Å². The number of rotatable bonds is 7. The van der Waals surface area contributed by atoms with Crippen molar-refractivity contribution in [3.8, 4) is 0 Å². The maximum absolute atomic E-state index is 3.59. The molecule has 0 saturated carbocycles. The lowest BCUT2D eigenvalue weighted by molar-refractivity contribution is 0.207. The molecule has 1 aromatic carbocycles. The Labute approximate surface area is 126 Å². The van der Waals surface area contributed by atoms with Gasteiger partial charge in [-0.15, -0.1) is 0 Å². The monoisotopic (exact) mass is 359 g/mol. The minimum Gasteiger partial charge on any atom is -0.316 e. The number of hydrogen-bond donors (Lipinski definition) is 1. The van der Waals surface area contributed by atoms with Crippen LogP contribution in [0.15, 0.2) is 24.3 Å². The molecule has 0 heterocycles. The molecule has 1 nitrogen and oxygen atoms in total. The number of benzene rings is 1. The summed E-state index contributed by atoms with van der Waals surface area (Å²) in [5, 5.41) is 3.59. The zero-order chi connectivity index (χ0) is 13.6. The molecule has 1 rings (SSSR count).